The molecule has 76 valence electrons. The van der Waals surface area contributed by atoms with Crippen LogP contribution in [0.4, 0.5) is 13.2 Å². The number of benzene rings is 1. The minimum atomic E-state index is -4.37. The van der Waals surface area contributed by atoms with Crippen LogP contribution >= 0.6 is 11.6 Å². The highest BCUT2D eigenvalue weighted by Gasteiger charge is 2.31. The summed E-state index contributed by atoms with van der Waals surface area (Å²) in [5.74, 6) is 0. The van der Waals surface area contributed by atoms with Crippen LogP contribution in [-0.2, 0) is 6.18 Å². The lowest BCUT2D eigenvalue weighted by Gasteiger charge is -2.09. The van der Waals surface area contributed by atoms with E-state index in [2.05, 4.69) is 6.58 Å². The maximum Gasteiger partial charge on any atom is 0.416 e. The Morgan fingerprint density at radius 1 is 1.29 bits per heavy atom. The molecule has 0 nitrogen and oxygen atoms in total. The van der Waals surface area contributed by atoms with Gasteiger partial charge in [0.1, 0.15) is 0 Å². The van der Waals surface area contributed by atoms with E-state index in [1.54, 1.807) is 6.92 Å². The Morgan fingerprint density at radius 3 is 2.29 bits per heavy atom. The summed E-state index contributed by atoms with van der Waals surface area (Å²) in [6.07, 6.45) is -4.37. The highest BCUT2D eigenvalue weighted by atomic mass is 35.5. The predicted octanol–water partition coefficient (Wildman–Crippen LogP) is 4.39. The summed E-state index contributed by atoms with van der Waals surface area (Å²) >= 11 is 5.56. The number of hydrogen-bond acceptors (Lipinski definition) is 0. The molecular weight excluding hydrogens is 213 g/mol. The molecule has 0 saturated carbocycles. The van der Waals surface area contributed by atoms with E-state index >= 15 is 0 Å². The van der Waals surface area contributed by atoms with E-state index in [9.17, 15) is 13.2 Å². The third kappa shape index (κ3) is 2.51. The summed E-state index contributed by atoms with van der Waals surface area (Å²) in [4.78, 5) is 0. The monoisotopic (exact) mass is 220 g/mol. The van der Waals surface area contributed by atoms with Crippen LogP contribution in [0.5, 0.6) is 0 Å². The second-order valence-electron chi connectivity index (χ2n) is 3.01. The summed E-state index contributed by atoms with van der Waals surface area (Å²) in [6.45, 7) is 5.19. The average Bonchev–Trinajstić information content (AvgIpc) is 2.01. The fourth-order valence-electron chi connectivity index (χ4n) is 1.000. The van der Waals surface area contributed by atoms with E-state index in [0.29, 0.717) is 11.1 Å². The fraction of sp³-hybridized carbons (Fsp3) is 0.200. The zero-order chi connectivity index (χ0) is 10.9. The lowest BCUT2D eigenvalue weighted by molar-refractivity contribution is -0.137. The van der Waals surface area contributed by atoms with Crippen LogP contribution in [0.25, 0.3) is 5.57 Å². The van der Waals surface area contributed by atoms with Gasteiger partial charge in [0.2, 0.25) is 0 Å². The van der Waals surface area contributed by atoms with Gasteiger partial charge in [-0.15, -0.1) is 0 Å². The Bertz CT molecular complexity index is 366. The van der Waals surface area contributed by atoms with E-state index in [1.165, 1.54) is 6.07 Å². The van der Waals surface area contributed by atoms with Crippen LogP contribution in [0.2, 0.25) is 5.02 Å². The van der Waals surface area contributed by atoms with E-state index < -0.39 is 11.7 Å². The van der Waals surface area contributed by atoms with Crippen LogP contribution in [0.15, 0.2) is 24.8 Å². The SMILES string of the molecule is C=C(C)c1cc(Cl)cc(C(F)(F)F)c1. The summed E-state index contributed by atoms with van der Waals surface area (Å²) in [6, 6.07) is 3.39. The molecule has 0 N–H and O–H groups in total. The molecule has 0 atom stereocenters. The molecule has 0 heterocycles. The second-order valence-corrected chi connectivity index (χ2v) is 3.44. The summed E-state index contributed by atoms with van der Waals surface area (Å²) in [5.41, 5.74) is 0.214. The molecule has 0 amide bonds. The van der Waals surface area contributed by atoms with Gasteiger partial charge in [-0.05, 0) is 30.7 Å². The number of rotatable bonds is 1. The quantitative estimate of drug-likeness (QED) is 0.658. The maximum absolute atomic E-state index is 12.3. The van der Waals surface area contributed by atoms with E-state index in [4.69, 9.17) is 11.6 Å². The van der Waals surface area contributed by atoms with Crippen LogP contribution in [0.1, 0.15) is 18.1 Å². The maximum atomic E-state index is 12.3. The van der Waals surface area contributed by atoms with Crippen molar-refractivity contribution < 1.29 is 13.2 Å². The predicted molar refractivity (Wildman–Crippen MR) is 51.2 cm³/mol. The van der Waals surface area contributed by atoms with Crippen molar-refractivity contribution >= 4 is 17.2 Å². The number of allylic oxidation sites excluding steroid dienone is 1. The molecule has 0 bridgehead atoms. The molecule has 1 aromatic carbocycles. The Balaban J connectivity index is 3.28. The van der Waals surface area contributed by atoms with Crippen molar-refractivity contribution in [3.8, 4) is 0 Å². The first kappa shape index (κ1) is 11.1. The first-order chi connectivity index (χ1) is 6.30. The van der Waals surface area contributed by atoms with E-state index in [1.807, 2.05) is 0 Å². The standard InChI is InChI=1S/C10H8ClF3/c1-6(2)7-3-8(10(12,13)14)5-9(11)4-7/h3-5H,1H2,2H3. The minimum absolute atomic E-state index is 0.0674. The Hall–Kier alpha value is -0.960. The molecule has 1 rings (SSSR count). The third-order valence-corrected chi connectivity index (χ3v) is 1.94. The van der Waals surface area contributed by atoms with Gasteiger partial charge >= 0.3 is 6.18 Å². The van der Waals surface area contributed by atoms with Crippen molar-refractivity contribution in [3.05, 3.63) is 40.9 Å². The van der Waals surface area contributed by atoms with Crippen molar-refractivity contribution in [3.63, 3.8) is 0 Å². The van der Waals surface area contributed by atoms with Gasteiger partial charge in [-0.1, -0.05) is 23.8 Å². The van der Waals surface area contributed by atoms with Gasteiger partial charge < -0.3 is 0 Å². The van der Waals surface area contributed by atoms with Gasteiger partial charge in [0.25, 0.3) is 0 Å². The van der Waals surface area contributed by atoms with Crippen molar-refractivity contribution in [1.82, 2.24) is 0 Å². The van der Waals surface area contributed by atoms with Crippen molar-refractivity contribution in [2.75, 3.05) is 0 Å². The lowest BCUT2D eigenvalue weighted by Crippen LogP contribution is -2.05. The molecule has 4 heteroatoms. The first-order valence-electron chi connectivity index (χ1n) is 3.84. The zero-order valence-electron chi connectivity index (χ0n) is 7.45. The molecule has 1 aromatic rings. The highest BCUT2D eigenvalue weighted by Crippen LogP contribution is 2.33. The summed E-state index contributed by atoms with van der Waals surface area (Å²) in [5, 5.41) is 0.0674. The molecule has 0 radical (unpaired) electrons. The molecule has 14 heavy (non-hydrogen) atoms. The van der Waals surface area contributed by atoms with Gasteiger partial charge in [-0.2, -0.15) is 13.2 Å². The number of alkyl halides is 3. The van der Waals surface area contributed by atoms with Gasteiger partial charge in [-0.25, -0.2) is 0 Å². The molecule has 0 aromatic heterocycles. The van der Waals surface area contributed by atoms with Crippen LogP contribution in [0, 0.1) is 0 Å². The van der Waals surface area contributed by atoms with E-state index in [0.717, 1.165) is 12.1 Å². The largest absolute Gasteiger partial charge is 0.416 e. The lowest BCUT2D eigenvalue weighted by atomic mass is 10.1. The number of halogens is 4. The average molecular weight is 221 g/mol. The molecule has 0 aliphatic heterocycles. The number of hydrogen-bond donors (Lipinski definition) is 0. The molecule has 0 saturated heterocycles. The summed E-state index contributed by atoms with van der Waals surface area (Å²) < 4.78 is 37.0. The second kappa shape index (κ2) is 3.65. The molecule has 0 unspecified atom stereocenters. The van der Waals surface area contributed by atoms with E-state index in [-0.39, 0.29) is 5.02 Å². The van der Waals surface area contributed by atoms with Gasteiger partial charge in [-0.3, -0.25) is 0 Å². The topological polar surface area (TPSA) is 0 Å². The molecule has 0 aliphatic rings. The summed E-state index contributed by atoms with van der Waals surface area (Å²) in [7, 11) is 0. The Kier molecular flexibility index (Phi) is 2.90. The van der Waals surface area contributed by atoms with Crippen LogP contribution in [0.3, 0.4) is 0 Å². The first-order valence-corrected chi connectivity index (χ1v) is 4.22. The molecule has 0 fully saturated rings. The zero-order valence-corrected chi connectivity index (χ0v) is 8.21. The van der Waals surface area contributed by atoms with Gasteiger partial charge in [0.15, 0.2) is 0 Å². The molecule has 0 spiro atoms. The van der Waals surface area contributed by atoms with Gasteiger partial charge in [0.05, 0.1) is 5.56 Å². The fourth-order valence-corrected chi connectivity index (χ4v) is 1.23. The van der Waals surface area contributed by atoms with Crippen LogP contribution < -0.4 is 0 Å². The molecular formula is C10H8ClF3. The van der Waals surface area contributed by atoms with Crippen molar-refractivity contribution in [2.24, 2.45) is 0 Å². The molecule has 0 aliphatic carbocycles. The van der Waals surface area contributed by atoms with Crippen molar-refractivity contribution in [1.29, 1.82) is 0 Å². The Labute approximate surface area is 85.0 Å². The highest BCUT2D eigenvalue weighted by molar-refractivity contribution is 6.30. The third-order valence-electron chi connectivity index (χ3n) is 1.72. The van der Waals surface area contributed by atoms with Gasteiger partial charge in [0, 0.05) is 5.02 Å². The van der Waals surface area contributed by atoms with Crippen molar-refractivity contribution in [2.45, 2.75) is 13.1 Å². The minimum Gasteiger partial charge on any atom is -0.166 e. The Morgan fingerprint density at radius 2 is 1.86 bits per heavy atom. The van der Waals surface area contributed by atoms with Crippen LogP contribution in [-0.4, -0.2) is 0 Å². The normalized spacial score (nSPS) is 11.5. The smallest absolute Gasteiger partial charge is 0.166 e.